The zero-order chi connectivity index (χ0) is 15.5. The molecule has 2 unspecified atom stereocenters. The second kappa shape index (κ2) is 6.59. The Kier molecular flexibility index (Phi) is 5.02. The number of hydrogen-bond acceptors (Lipinski definition) is 4. The van der Waals surface area contributed by atoms with Crippen molar-refractivity contribution in [2.45, 2.75) is 37.6 Å². The number of nitriles is 1. The van der Waals surface area contributed by atoms with Gasteiger partial charge in [-0.1, -0.05) is 13.0 Å². The molecule has 4 nitrogen and oxygen atoms in total. The lowest BCUT2D eigenvalue weighted by atomic mass is 9.92. The van der Waals surface area contributed by atoms with Crippen molar-refractivity contribution >= 4 is 9.84 Å². The average Bonchev–Trinajstić information content (AvgIpc) is 2.49. The van der Waals surface area contributed by atoms with Gasteiger partial charge in [0.25, 0.3) is 0 Å². The van der Waals surface area contributed by atoms with Crippen molar-refractivity contribution in [1.29, 1.82) is 5.26 Å². The molecule has 2 rings (SSSR count). The third-order valence-corrected chi connectivity index (χ3v) is 6.17. The lowest BCUT2D eigenvalue weighted by Crippen LogP contribution is -2.44. The minimum Gasteiger partial charge on any atom is -0.299 e. The summed E-state index contributed by atoms with van der Waals surface area (Å²) in [6, 6.07) is 8.68. The van der Waals surface area contributed by atoms with Crippen LogP contribution in [0.3, 0.4) is 0 Å². The first-order valence-electron chi connectivity index (χ1n) is 7.41. The summed E-state index contributed by atoms with van der Waals surface area (Å²) in [5.41, 5.74) is 0.385. The lowest BCUT2D eigenvalue weighted by molar-refractivity contribution is 0.121. The zero-order valence-corrected chi connectivity index (χ0v) is 13.4. The Balaban J connectivity index is 2.06. The van der Waals surface area contributed by atoms with Crippen molar-refractivity contribution in [2.75, 3.05) is 18.8 Å². The van der Waals surface area contributed by atoms with E-state index in [2.05, 4.69) is 18.7 Å². The Morgan fingerprint density at radius 3 is 2.86 bits per heavy atom. The maximum Gasteiger partial charge on any atom is 0.179 e. The highest BCUT2D eigenvalue weighted by atomic mass is 32.2. The fraction of sp³-hybridized carbons (Fsp3) is 0.562. The van der Waals surface area contributed by atoms with Crippen LogP contribution >= 0.6 is 0 Å². The SMILES string of the molecule is CC1CCCN(CCS(=O)(=O)c2cccc(C#N)c2)C1C. The summed E-state index contributed by atoms with van der Waals surface area (Å²) < 4.78 is 24.8. The van der Waals surface area contributed by atoms with Gasteiger partial charge in [-0.25, -0.2) is 8.42 Å². The molecular weight excluding hydrogens is 284 g/mol. The third-order valence-electron chi connectivity index (χ3n) is 4.47. The van der Waals surface area contributed by atoms with E-state index in [0.29, 0.717) is 24.1 Å². The van der Waals surface area contributed by atoms with Crippen molar-refractivity contribution in [3.05, 3.63) is 29.8 Å². The summed E-state index contributed by atoms with van der Waals surface area (Å²) in [6.07, 6.45) is 2.35. The molecule has 0 saturated carbocycles. The van der Waals surface area contributed by atoms with Crippen LogP contribution in [-0.4, -0.2) is 38.2 Å². The molecule has 1 fully saturated rings. The molecule has 1 saturated heterocycles. The minimum absolute atomic E-state index is 0.110. The molecule has 2 atom stereocenters. The van der Waals surface area contributed by atoms with E-state index >= 15 is 0 Å². The Labute approximate surface area is 127 Å². The van der Waals surface area contributed by atoms with Crippen LogP contribution < -0.4 is 0 Å². The normalized spacial score (nSPS) is 23.7. The minimum atomic E-state index is -3.33. The fourth-order valence-electron chi connectivity index (χ4n) is 2.85. The monoisotopic (exact) mass is 306 g/mol. The van der Waals surface area contributed by atoms with Crippen LogP contribution in [0.15, 0.2) is 29.2 Å². The Hall–Kier alpha value is -1.38. The molecule has 0 amide bonds. The lowest BCUT2D eigenvalue weighted by Gasteiger charge is -2.37. The van der Waals surface area contributed by atoms with Crippen LogP contribution in [-0.2, 0) is 9.84 Å². The molecule has 1 heterocycles. The van der Waals surface area contributed by atoms with Crippen LogP contribution in [0.5, 0.6) is 0 Å². The van der Waals surface area contributed by atoms with Crippen LogP contribution in [0, 0.1) is 17.2 Å². The van der Waals surface area contributed by atoms with Crippen LogP contribution in [0.1, 0.15) is 32.3 Å². The predicted octanol–water partition coefficient (Wildman–Crippen LogP) is 2.45. The largest absolute Gasteiger partial charge is 0.299 e. The summed E-state index contributed by atoms with van der Waals surface area (Å²) in [4.78, 5) is 2.51. The molecule has 1 aliphatic rings. The van der Waals surface area contributed by atoms with Gasteiger partial charge in [-0.2, -0.15) is 5.26 Å². The van der Waals surface area contributed by atoms with Crippen molar-refractivity contribution in [3.8, 4) is 6.07 Å². The van der Waals surface area contributed by atoms with Crippen LogP contribution in [0.2, 0.25) is 0 Å². The van der Waals surface area contributed by atoms with Gasteiger partial charge in [-0.3, -0.25) is 4.90 Å². The molecule has 0 aliphatic carbocycles. The van der Waals surface area contributed by atoms with Gasteiger partial charge in [0.2, 0.25) is 0 Å². The van der Waals surface area contributed by atoms with Crippen LogP contribution in [0.4, 0.5) is 0 Å². The van der Waals surface area contributed by atoms with Crippen molar-refractivity contribution in [1.82, 2.24) is 4.90 Å². The molecule has 0 spiro atoms. The van der Waals surface area contributed by atoms with E-state index in [1.807, 2.05) is 6.07 Å². The number of hydrogen-bond donors (Lipinski definition) is 0. The zero-order valence-electron chi connectivity index (χ0n) is 12.6. The first-order valence-corrected chi connectivity index (χ1v) is 9.06. The topological polar surface area (TPSA) is 61.2 Å². The Morgan fingerprint density at radius 2 is 2.14 bits per heavy atom. The highest BCUT2D eigenvalue weighted by Crippen LogP contribution is 2.23. The molecule has 1 aromatic rings. The fourth-order valence-corrected chi connectivity index (χ4v) is 4.15. The van der Waals surface area contributed by atoms with Gasteiger partial charge in [-0.15, -0.1) is 0 Å². The maximum absolute atomic E-state index is 12.4. The summed E-state index contributed by atoms with van der Waals surface area (Å²) in [5, 5.41) is 8.87. The van der Waals surface area contributed by atoms with E-state index in [1.165, 1.54) is 12.5 Å². The van der Waals surface area contributed by atoms with E-state index in [1.54, 1.807) is 18.2 Å². The van der Waals surface area contributed by atoms with E-state index < -0.39 is 9.84 Å². The predicted molar refractivity (Wildman–Crippen MR) is 82.6 cm³/mol. The number of benzene rings is 1. The Morgan fingerprint density at radius 1 is 1.38 bits per heavy atom. The summed E-state index contributed by atoms with van der Waals surface area (Å²) in [6.45, 7) is 5.93. The van der Waals surface area contributed by atoms with Gasteiger partial charge in [0.05, 0.1) is 22.3 Å². The number of sulfone groups is 1. The molecule has 0 N–H and O–H groups in total. The average molecular weight is 306 g/mol. The number of rotatable bonds is 4. The highest BCUT2D eigenvalue weighted by Gasteiger charge is 2.26. The standard InChI is InChI=1S/C16H22N2O2S/c1-13-5-4-8-18(14(13)2)9-10-21(19,20)16-7-3-6-15(11-16)12-17/h3,6-7,11,13-14H,4-5,8-10H2,1-2H3. The molecule has 0 aromatic heterocycles. The number of nitrogens with zero attached hydrogens (tertiary/aromatic N) is 2. The molecule has 1 aliphatic heterocycles. The molecule has 114 valence electrons. The van der Waals surface area contributed by atoms with Gasteiger partial charge < -0.3 is 0 Å². The van der Waals surface area contributed by atoms with Gasteiger partial charge >= 0.3 is 0 Å². The van der Waals surface area contributed by atoms with Crippen molar-refractivity contribution in [3.63, 3.8) is 0 Å². The first kappa shape index (κ1) is 16.0. The second-order valence-electron chi connectivity index (χ2n) is 5.85. The summed E-state index contributed by atoms with van der Waals surface area (Å²) >= 11 is 0. The van der Waals surface area contributed by atoms with Gasteiger partial charge in [0.1, 0.15) is 0 Å². The molecule has 0 radical (unpaired) electrons. The Bertz CT molecular complexity index is 634. The summed E-state index contributed by atoms with van der Waals surface area (Å²) in [5.74, 6) is 0.724. The van der Waals surface area contributed by atoms with Crippen molar-refractivity contribution < 1.29 is 8.42 Å². The molecule has 0 bridgehead atoms. The summed E-state index contributed by atoms with van der Waals surface area (Å²) in [7, 11) is -3.33. The maximum atomic E-state index is 12.4. The second-order valence-corrected chi connectivity index (χ2v) is 7.96. The molecule has 21 heavy (non-hydrogen) atoms. The van der Waals surface area contributed by atoms with E-state index in [9.17, 15) is 8.42 Å². The van der Waals surface area contributed by atoms with Gasteiger partial charge in [0.15, 0.2) is 9.84 Å². The quantitative estimate of drug-likeness (QED) is 0.857. The molecular formula is C16H22N2O2S. The van der Waals surface area contributed by atoms with Gasteiger partial charge in [0, 0.05) is 12.6 Å². The molecule has 5 heteroatoms. The number of piperidine rings is 1. The number of likely N-dealkylation sites (tertiary alicyclic amines) is 1. The highest BCUT2D eigenvalue weighted by molar-refractivity contribution is 7.91. The van der Waals surface area contributed by atoms with Crippen molar-refractivity contribution in [2.24, 2.45) is 5.92 Å². The van der Waals surface area contributed by atoms with E-state index in [4.69, 9.17) is 5.26 Å². The van der Waals surface area contributed by atoms with E-state index in [0.717, 1.165) is 13.0 Å². The molecule has 1 aromatic carbocycles. The van der Waals surface area contributed by atoms with E-state index in [-0.39, 0.29) is 10.6 Å². The first-order chi connectivity index (χ1) is 9.94. The smallest absolute Gasteiger partial charge is 0.179 e. The van der Waals surface area contributed by atoms with Gasteiger partial charge in [-0.05, 0) is 50.4 Å². The van der Waals surface area contributed by atoms with Crippen LogP contribution in [0.25, 0.3) is 0 Å². The third kappa shape index (κ3) is 3.84.